The van der Waals surface area contributed by atoms with Crippen molar-refractivity contribution in [2.45, 2.75) is 0 Å². The number of aliphatic carboxylic acids is 1. The number of benzene rings is 1. The first kappa shape index (κ1) is 18.3. The summed E-state index contributed by atoms with van der Waals surface area (Å²) in [5, 5.41) is 11.7. The highest BCUT2D eigenvalue weighted by Gasteiger charge is 2.18. The fourth-order valence-corrected chi connectivity index (χ4v) is 3.62. The van der Waals surface area contributed by atoms with Gasteiger partial charge in [0.15, 0.2) is 0 Å². The van der Waals surface area contributed by atoms with Crippen LogP contribution in [0.25, 0.3) is 17.4 Å². The van der Waals surface area contributed by atoms with E-state index < -0.39 is 11.9 Å². The van der Waals surface area contributed by atoms with E-state index >= 15 is 0 Å². The van der Waals surface area contributed by atoms with Crippen molar-refractivity contribution in [3.05, 3.63) is 74.2 Å². The Morgan fingerprint density at radius 1 is 1.12 bits per heavy atom. The normalized spacial score (nSPS) is 11.4. The number of furan rings is 1. The van der Waals surface area contributed by atoms with Gasteiger partial charge in [-0.2, -0.15) is 0 Å². The van der Waals surface area contributed by atoms with Gasteiger partial charge in [0.2, 0.25) is 0 Å². The first-order valence-corrected chi connectivity index (χ1v) is 8.87. The molecule has 2 heterocycles. The predicted octanol–water partition coefficient (Wildman–Crippen LogP) is 5.17. The van der Waals surface area contributed by atoms with Crippen LogP contribution in [-0.2, 0) is 4.79 Å². The van der Waals surface area contributed by atoms with Gasteiger partial charge in [0.05, 0.1) is 9.90 Å². The molecule has 1 amide bonds. The maximum Gasteiger partial charge on any atom is 0.352 e. The molecular formula is C18H11Cl2NO4S. The molecule has 0 spiro atoms. The Balaban J connectivity index is 1.84. The number of hydrogen-bond donors (Lipinski definition) is 2. The molecule has 132 valence electrons. The Morgan fingerprint density at radius 3 is 2.46 bits per heavy atom. The highest BCUT2D eigenvalue weighted by molar-refractivity contribution is 7.20. The smallest absolute Gasteiger partial charge is 0.352 e. The minimum atomic E-state index is -1.31. The Morgan fingerprint density at radius 2 is 1.85 bits per heavy atom. The van der Waals surface area contributed by atoms with Gasteiger partial charge in [-0.15, -0.1) is 11.3 Å². The molecule has 2 aromatic heterocycles. The standard InChI is InChI=1S/C18H11Cl2NO4S/c19-15-9-12(16(20)26-15)17(22)21-13(18(23)24)8-11-6-7-14(25-11)10-4-2-1-3-5-10/h1-9H,(H,21,22)(H,23,24)/b13-8+. The van der Waals surface area contributed by atoms with Gasteiger partial charge in [0.25, 0.3) is 5.91 Å². The monoisotopic (exact) mass is 407 g/mol. The summed E-state index contributed by atoms with van der Waals surface area (Å²) in [6.07, 6.45) is 1.23. The summed E-state index contributed by atoms with van der Waals surface area (Å²) in [7, 11) is 0. The Labute approximate surface area is 162 Å². The van der Waals surface area contributed by atoms with Crippen LogP contribution in [0.3, 0.4) is 0 Å². The van der Waals surface area contributed by atoms with Crippen LogP contribution in [-0.4, -0.2) is 17.0 Å². The number of nitrogens with one attached hydrogen (secondary N) is 1. The van der Waals surface area contributed by atoms with Crippen molar-refractivity contribution >= 4 is 52.5 Å². The van der Waals surface area contributed by atoms with E-state index in [-0.39, 0.29) is 21.4 Å². The summed E-state index contributed by atoms with van der Waals surface area (Å²) in [5.41, 5.74) is 0.619. The molecule has 26 heavy (non-hydrogen) atoms. The Bertz CT molecular complexity index is 992. The molecule has 0 aliphatic carbocycles. The molecule has 0 bridgehead atoms. The van der Waals surface area contributed by atoms with E-state index in [1.165, 1.54) is 12.1 Å². The van der Waals surface area contributed by atoms with Crippen molar-refractivity contribution in [2.75, 3.05) is 0 Å². The number of carboxylic acid groups (broad SMARTS) is 1. The van der Waals surface area contributed by atoms with Crippen LogP contribution in [0.2, 0.25) is 8.67 Å². The topological polar surface area (TPSA) is 79.5 Å². The lowest BCUT2D eigenvalue weighted by molar-refractivity contribution is -0.132. The molecule has 3 rings (SSSR count). The SMILES string of the molecule is O=C(O)/C(=C\c1ccc(-c2ccccc2)o1)NC(=O)c1cc(Cl)sc1Cl. The van der Waals surface area contributed by atoms with Crippen LogP contribution in [0.15, 0.2) is 58.6 Å². The second-order valence-electron chi connectivity index (χ2n) is 5.12. The van der Waals surface area contributed by atoms with E-state index in [9.17, 15) is 14.7 Å². The lowest BCUT2D eigenvalue weighted by atomic mass is 10.2. The van der Waals surface area contributed by atoms with Gasteiger partial charge in [-0.05, 0) is 18.2 Å². The first-order chi connectivity index (χ1) is 12.4. The van der Waals surface area contributed by atoms with Crippen LogP contribution >= 0.6 is 34.5 Å². The van der Waals surface area contributed by atoms with E-state index in [4.69, 9.17) is 27.6 Å². The van der Waals surface area contributed by atoms with Gasteiger partial charge < -0.3 is 14.8 Å². The Kier molecular flexibility index (Phi) is 5.46. The average molecular weight is 408 g/mol. The molecule has 8 heteroatoms. The second kappa shape index (κ2) is 7.78. The molecule has 5 nitrogen and oxygen atoms in total. The Hall–Kier alpha value is -2.54. The van der Waals surface area contributed by atoms with E-state index in [1.807, 2.05) is 30.3 Å². The number of carbonyl (C=O) groups excluding carboxylic acids is 1. The van der Waals surface area contributed by atoms with Gasteiger partial charge in [-0.25, -0.2) is 4.79 Å². The highest BCUT2D eigenvalue weighted by Crippen LogP contribution is 2.31. The number of hydrogen-bond acceptors (Lipinski definition) is 4. The summed E-state index contributed by atoms with van der Waals surface area (Å²) >= 11 is 12.8. The van der Waals surface area contributed by atoms with Gasteiger partial charge in [-0.1, -0.05) is 53.5 Å². The van der Waals surface area contributed by atoms with Crippen LogP contribution in [0.1, 0.15) is 16.1 Å². The van der Waals surface area contributed by atoms with Crippen molar-refractivity contribution < 1.29 is 19.1 Å². The molecule has 0 saturated carbocycles. The molecule has 0 radical (unpaired) electrons. The zero-order chi connectivity index (χ0) is 18.7. The molecule has 0 saturated heterocycles. The number of carboxylic acids is 1. The number of rotatable bonds is 5. The zero-order valence-corrected chi connectivity index (χ0v) is 15.4. The fraction of sp³-hybridized carbons (Fsp3) is 0. The van der Waals surface area contributed by atoms with Crippen LogP contribution in [0, 0.1) is 0 Å². The number of carbonyl (C=O) groups is 2. The summed E-state index contributed by atoms with van der Waals surface area (Å²) in [5.74, 6) is -1.10. The van der Waals surface area contributed by atoms with Gasteiger partial charge in [-0.3, -0.25) is 4.79 Å². The molecule has 1 aromatic carbocycles. The molecule has 3 aromatic rings. The third-order valence-corrected chi connectivity index (χ3v) is 4.84. The maximum atomic E-state index is 12.2. The van der Waals surface area contributed by atoms with Crippen LogP contribution < -0.4 is 5.32 Å². The third kappa shape index (κ3) is 4.16. The molecule has 0 atom stereocenters. The summed E-state index contributed by atoms with van der Waals surface area (Å²) in [6.45, 7) is 0. The lowest BCUT2D eigenvalue weighted by Gasteiger charge is -2.04. The molecule has 0 aliphatic heterocycles. The van der Waals surface area contributed by atoms with Crippen LogP contribution in [0.5, 0.6) is 0 Å². The van der Waals surface area contributed by atoms with Crippen molar-refractivity contribution in [1.29, 1.82) is 0 Å². The number of halogens is 2. The van der Waals surface area contributed by atoms with E-state index in [0.29, 0.717) is 10.1 Å². The van der Waals surface area contributed by atoms with Crippen molar-refractivity contribution in [3.8, 4) is 11.3 Å². The van der Waals surface area contributed by atoms with Crippen molar-refractivity contribution in [2.24, 2.45) is 0 Å². The molecule has 0 aliphatic rings. The zero-order valence-electron chi connectivity index (χ0n) is 13.0. The summed E-state index contributed by atoms with van der Waals surface area (Å²) in [4.78, 5) is 23.7. The molecule has 2 N–H and O–H groups in total. The van der Waals surface area contributed by atoms with Gasteiger partial charge >= 0.3 is 5.97 Å². The third-order valence-electron chi connectivity index (χ3n) is 3.35. The average Bonchev–Trinajstić information content (AvgIpc) is 3.21. The summed E-state index contributed by atoms with van der Waals surface area (Å²) < 4.78 is 6.14. The lowest BCUT2D eigenvalue weighted by Crippen LogP contribution is -2.27. The van der Waals surface area contributed by atoms with Gasteiger partial charge in [0, 0.05) is 11.6 Å². The van der Waals surface area contributed by atoms with Crippen molar-refractivity contribution in [1.82, 2.24) is 5.32 Å². The fourth-order valence-electron chi connectivity index (χ4n) is 2.17. The maximum absolute atomic E-state index is 12.2. The largest absolute Gasteiger partial charge is 0.477 e. The predicted molar refractivity (Wildman–Crippen MR) is 102 cm³/mol. The van der Waals surface area contributed by atoms with Gasteiger partial charge in [0.1, 0.15) is 21.6 Å². The minimum Gasteiger partial charge on any atom is -0.477 e. The van der Waals surface area contributed by atoms with Crippen LogP contribution in [0.4, 0.5) is 0 Å². The first-order valence-electron chi connectivity index (χ1n) is 7.30. The molecule has 0 fully saturated rings. The quantitative estimate of drug-likeness (QED) is 0.571. The number of thiophene rings is 1. The van der Waals surface area contributed by atoms with Crippen molar-refractivity contribution in [3.63, 3.8) is 0 Å². The molecular weight excluding hydrogens is 397 g/mol. The minimum absolute atomic E-state index is 0.109. The number of amides is 1. The van der Waals surface area contributed by atoms with E-state index in [2.05, 4.69) is 5.32 Å². The highest BCUT2D eigenvalue weighted by atomic mass is 35.5. The molecule has 0 unspecified atom stereocenters. The summed E-state index contributed by atoms with van der Waals surface area (Å²) in [6, 6.07) is 14.1. The second-order valence-corrected chi connectivity index (χ2v) is 7.41. The van der Waals surface area contributed by atoms with E-state index in [1.54, 1.807) is 12.1 Å². The van der Waals surface area contributed by atoms with E-state index in [0.717, 1.165) is 16.9 Å².